The van der Waals surface area contributed by atoms with Crippen molar-refractivity contribution in [1.29, 1.82) is 0 Å². The summed E-state index contributed by atoms with van der Waals surface area (Å²) in [4.78, 5) is 4.79. The standard InChI is InChI=1S/C20H21F2N3S/c1-13-3-2-4-14(11-13)12-23-19-20(7-9-26-10-8-20)25-18-16(22)6-5-15(21)17(18)24-19/h2-6,11,25H,7-10,12H2,1H3,(H,23,24). The Labute approximate surface area is 156 Å². The number of aryl methyl sites for hydroxylation is 1. The van der Waals surface area contributed by atoms with E-state index < -0.39 is 17.2 Å². The van der Waals surface area contributed by atoms with Crippen molar-refractivity contribution in [2.45, 2.75) is 31.8 Å². The quantitative estimate of drug-likeness (QED) is 0.780. The highest BCUT2D eigenvalue weighted by Gasteiger charge is 2.42. The molecule has 0 aromatic heterocycles. The van der Waals surface area contributed by atoms with Crippen LogP contribution in [0.25, 0.3) is 0 Å². The maximum Gasteiger partial charge on any atom is 0.149 e. The fourth-order valence-electron chi connectivity index (χ4n) is 3.59. The number of thioether (sulfide) groups is 1. The molecule has 26 heavy (non-hydrogen) atoms. The van der Waals surface area contributed by atoms with Gasteiger partial charge in [0.1, 0.15) is 23.2 Å². The van der Waals surface area contributed by atoms with E-state index in [-0.39, 0.29) is 11.4 Å². The third-order valence-electron chi connectivity index (χ3n) is 5.01. The van der Waals surface area contributed by atoms with Crippen molar-refractivity contribution in [2.24, 2.45) is 4.99 Å². The van der Waals surface area contributed by atoms with E-state index in [1.54, 1.807) is 0 Å². The molecule has 0 atom stereocenters. The Balaban J connectivity index is 1.72. The molecule has 136 valence electrons. The molecule has 2 aromatic carbocycles. The lowest BCUT2D eigenvalue weighted by Crippen LogP contribution is -2.55. The molecule has 0 bridgehead atoms. The summed E-state index contributed by atoms with van der Waals surface area (Å²) in [6.07, 6.45) is 1.65. The second-order valence-electron chi connectivity index (χ2n) is 6.88. The molecule has 0 radical (unpaired) electrons. The number of fused-ring (bicyclic) bond motifs is 1. The fraction of sp³-hybridized carbons (Fsp3) is 0.350. The molecule has 2 N–H and O–H groups in total. The third kappa shape index (κ3) is 3.18. The summed E-state index contributed by atoms with van der Waals surface area (Å²) >= 11 is 1.88. The van der Waals surface area contributed by atoms with Gasteiger partial charge in [0, 0.05) is 0 Å². The van der Waals surface area contributed by atoms with Gasteiger partial charge in [0.15, 0.2) is 0 Å². The van der Waals surface area contributed by atoms with Crippen molar-refractivity contribution < 1.29 is 8.78 Å². The summed E-state index contributed by atoms with van der Waals surface area (Å²) in [5, 5.41) is 6.41. The van der Waals surface area contributed by atoms with Gasteiger partial charge in [-0.1, -0.05) is 29.8 Å². The Morgan fingerprint density at radius 1 is 1.08 bits per heavy atom. The summed E-state index contributed by atoms with van der Waals surface area (Å²) in [5.74, 6) is 1.71. The molecule has 2 aliphatic heterocycles. The summed E-state index contributed by atoms with van der Waals surface area (Å²) in [6.45, 7) is 2.55. The first kappa shape index (κ1) is 17.3. The van der Waals surface area contributed by atoms with Crippen LogP contribution in [-0.2, 0) is 6.54 Å². The summed E-state index contributed by atoms with van der Waals surface area (Å²) in [7, 11) is 0. The van der Waals surface area contributed by atoms with E-state index in [0.717, 1.165) is 36.0 Å². The van der Waals surface area contributed by atoms with E-state index in [0.29, 0.717) is 12.4 Å². The molecule has 2 aliphatic rings. The second kappa shape index (κ2) is 6.91. The summed E-state index contributed by atoms with van der Waals surface area (Å²) in [6, 6.07) is 10.5. The van der Waals surface area contributed by atoms with Gasteiger partial charge in [-0.05, 0) is 49.0 Å². The van der Waals surface area contributed by atoms with Crippen molar-refractivity contribution in [1.82, 2.24) is 0 Å². The molecule has 0 aliphatic carbocycles. The maximum absolute atomic E-state index is 14.3. The van der Waals surface area contributed by atoms with Gasteiger partial charge in [-0.25, -0.2) is 8.78 Å². The normalized spacial score (nSPS) is 19.7. The van der Waals surface area contributed by atoms with Gasteiger partial charge in [-0.15, -0.1) is 0 Å². The average molecular weight is 373 g/mol. The number of rotatable bonds is 2. The third-order valence-corrected chi connectivity index (χ3v) is 6.00. The molecular formula is C20H21F2N3S. The molecule has 0 unspecified atom stereocenters. The number of benzene rings is 2. The molecule has 1 fully saturated rings. The van der Waals surface area contributed by atoms with Crippen LogP contribution in [-0.4, -0.2) is 22.9 Å². The number of nitrogens with one attached hydrogen (secondary N) is 2. The number of nitrogens with zero attached hydrogens (tertiary/aromatic N) is 1. The van der Waals surface area contributed by atoms with Gasteiger partial charge in [0.25, 0.3) is 0 Å². The van der Waals surface area contributed by atoms with Crippen LogP contribution in [0, 0.1) is 18.6 Å². The number of amidine groups is 1. The molecule has 0 saturated carbocycles. The van der Waals surface area contributed by atoms with E-state index in [1.165, 1.54) is 11.6 Å². The van der Waals surface area contributed by atoms with Crippen LogP contribution in [0.1, 0.15) is 24.0 Å². The molecule has 6 heteroatoms. The van der Waals surface area contributed by atoms with Crippen LogP contribution < -0.4 is 10.6 Å². The maximum atomic E-state index is 14.3. The number of aliphatic imine (C=N–C) groups is 1. The Kier molecular flexibility index (Phi) is 4.61. The van der Waals surface area contributed by atoms with Crippen LogP contribution >= 0.6 is 11.8 Å². The van der Waals surface area contributed by atoms with E-state index in [9.17, 15) is 8.78 Å². The minimum absolute atomic E-state index is 0.150. The average Bonchev–Trinajstić information content (AvgIpc) is 2.64. The lowest BCUT2D eigenvalue weighted by molar-refractivity contribution is 0.542. The zero-order valence-corrected chi connectivity index (χ0v) is 15.4. The first-order valence-corrected chi connectivity index (χ1v) is 9.94. The van der Waals surface area contributed by atoms with Crippen molar-refractivity contribution in [2.75, 3.05) is 22.1 Å². The Hall–Kier alpha value is -2.08. The van der Waals surface area contributed by atoms with E-state index in [4.69, 9.17) is 4.99 Å². The molecule has 2 heterocycles. The van der Waals surface area contributed by atoms with Gasteiger partial charge in [-0.3, -0.25) is 4.99 Å². The van der Waals surface area contributed by atoms with Crippen LogP contribution in [0.15, 0.2) is 41.4 Å². The Morgan fingerprint density at radius 3 is 2.54 bits per heavy atom. The zero-order valence-electron chi connectivity index (χ0n) is 14.6. The molecular weight excluding hydrogens is 352 g/mol. The van der Waals surface area contributed by atoms with Gasteiger partial charge in [0.2, 0.25) is 0 Å². The van der Waals surface area contributed by atoms with E-state index >= 15 is 0 Å². The number of anilines is 2. The minimum atomic E-state index is -0.475. The smallest absolute Gasteiger partial charge is 0.149 e. The van der Waals surface area contributed by atoms with Crippen LogP contribution in [0.2, 0.25) is 0 Å². The highest BCUT2D eigenvalue weighted by atomic mass is 32.2. The van der Waals surface area contributed by atoms with Gasteiger partial charge in [0.05, 0.1) is 17.8 Å². The van der Waals surface area contributed by atoms with Crippen molar-refractivity contribution in [3.05, 3.63) is 59.2 Å². The van der Waals surface area contributed by atoms with Crippen molar-refractivity contribution in [3.63, 3.8) is 0 Å². The fourth-order valence-corrected chi connectivity index (χ4v) is 4.78. The highest BCUT2D eigenvalue weighted by Crippen LogP contribution is 2.41. The lowest BCUT2D eigenvalue weighted by Gasteiger charge is -2.43. The van der Waals surface area contributed by atoms with Crippen molar-refractivity contribution in [3.8, 4) is 0 Å². The molecule has 4 rings (SSSR count). The Morgan fingerprint density at radius 2 is 1.81 bits per heavy atom. The molecule has 1 saturated heterocycles. The first-order valence-electron chi connectivity index (χ1n) is 8.79. The minimum Gasteiger partial charge on any atom is -0.368 e. The van der Waals surface area contributed by atoms with Crippen LogP contribution in [0.4, 0.5) is 20.2 Å². The highest BCUT2D eigenvalue weighted by molar-refractivity contribution is 7.99. The second-order valence-corrected chi connectivity index (χ2v) is 8.10. The lowest BCUT2D eigenvalue weighted by atomic mass is 9.87. The SMILES string of the molecule is Cc1cccc(CN=C2Nc3c(F)ccc(F)c3NC23CCSCC3)c1. The van der Waals surface area contributed by atoms with Crippen LogP contribution in [0.3, 0.4) is 0 Å². The number of halogens is 2. The van der Waals surface area contributed by atoms with Gasteiger partial charge >= 0.3 is 0 Å². The molecule has 3 nitrogen and oxygen atoms in total. The predicted octanol–water partition coefficient (Wildman–Crippen LogP) is 4.98. The topological polar surface area (TPSA) is 36.4 Å². The molecule has 0 amide bonds. The largest absolute Gasteiger partial charge is 0.368 e. The summed E-state index contributed by atoms with van der Waals surface area (Å²) in [5.41, 5.74) is 2.18. The Bertz CT molecular complexity index is 860. The van der Waals surface area contributed by atoms with Gasteiger partial charge < -0.3 is 10.6 Å². The van der Waals surface area contributed by atoms with Gasteiger partial charge in [-0.2, -0.15) is 11.8 Å². The first-order chi connectivity index (χ1) is 12.6. The zero-order chi connectivity index (χ0) is 18.1. The number of hydrogen-bond acceptors (Lipinski definition) is 3. The van der Waals surface area contributed by atoms with E-state index in [2.05, 4.69) is 16.7 Å². The monoisotopic (exact) mass is 373 g/mol. The molecule has 2 aromatic rings. The summed E-state index contributed by atoms with van der Waals surface area (Å²) < 4.78 is 28.6. The number of hydrogen-bond donors (Lipinski definition) is 2. The van der Waals surface area contributed by atoms with Crippen LogP contribution in [0.5, 0.6) is 0 Å². The van der Waals surface area contributed by atoms with Crippen molar-refractivity contribution >= 4 is 29.0 Å². The van der Waals surface area contributed by atoms with E-state index in [1.807, 2.05) is 36.9 Å². The predicted molar refractivity (Wildman–Crippen MR) is 105 cm³/mol. The molecule has 1 spiro atoms.